The second kappa shape index (κ2) is 5.89. The second-order valence-corrected chi connectivity index (χ2v) is 2.93. The average Bonchev–Trinajstić information content (AvgIpc) is 2.28. The van der Waals surface area contributed by atoms with Gasteiger partial charge in [-0.1, -0.05) is 12.1 Å². The average molecular weight is 206 g/mol. The molecule has 1 aromatic carbocycles. The molecule has 0 heterocycles. The predicted octanol–water partition coefficient (Wildman–Crippen LogP) is 1.31. The van der Waals surface area contributed by atoms with Gasteiger partial charge in [0.05, 0.1) is 12.7 Å². The molecule has 0 aliphatic carbocycles. The zero-order valence-electron chi connectivity index (χ0n) is 8.64. The van der Waals surface area contributed by atoms with Gasteiger partial charge in [-0.05, 0) is 19.1 Å². The molecule has 0 amide bonds. The molecule has 1 aromatic rings. The lowest BCUT2D eigenvalue weighted by Crippen LogP contribution is -2.25. The summed E-state index contributed by atoms with van der Waals surface area (Å²) in [6.07, 6.45) is 0. The monoisotopic (exact) mass is 206 g/mol. The van der Waals surface area contributed by atoms with Crippen molar-refractivity contribution in [1.29, 1.82) is 5.26 Å². The zero-order chi connectivity index (χ0) is 11.1. The summed E-state index contributed by atoms with van der Waals surface area (Å²) in [7, 11) is 0. The third kappa shape index (κ3) is 3.49. The summed E-state index contributed by atoms with van der Waals surface area (Å²) in [5.41, 5.74) is 5.42. The number of nitrogens with two attached hydrogens (primary N) is 1. The van der Waals surface area contributed by atoms with Crippen molar-refractivity contribution in [3.8, 4) is 17.6 Å². The highest BCUT2D eigenvalue weighted by molar-refractivity contribution is 5.39. The van der Waals surface area contributed by atoms with Gasteiger partial charge in [-0.3, -0.25) is 0 Å². The van der Waals surface area contributed by atoms with Gasteiger partial charge in [0.15, 0.2) is 11.5 Å². The first-order valence-electron chi connectivity index (χ1n) is 4.77. The molecule has 2 N–H and O–H groups in total. The number of hydrogen-bond donors (Lipinski definition) is 1. The van der Waals surface area contributed by atoms with E-state index >= 15 is 0 Å². The number of benzene rings is 1. The van der Waals surface area contributed by atoms with Gasteiger partial charge >= 0.3 is 0 Å². The molecule has 0 radical (unpaired) electrons. The third-order valence-electron chi connectivity index (χ3n) is 1.73. The van der Waals surface area contributed by atoms with Crippen molar-refractivity contribution in [2.45, 2.75) is 13.0 Å². The van der Waals surface area contributed by atoms with E-state index in [1.54, 1.807) is 6.07 Å². The van der Waals surface area contributed by atoms with Crippen LogP contribution in [0, 0.1) is 11.3 Å². The Bertz CT molecular complexity index is 347. The quantitative estimate of drug-likeness (QED) is 0.788. The Morgan fingerprint density at radius 1 is 1.33 bits per heavy atom. The molecule has 80 valence electrons. The van der Waals surface area contributed by atoms with Crippen molar-refractivity contribution in [3.05, 3.63) is 24.3 Å². The highest BCUT2D eigenvalue weighted by Crippen LogP contribution is 2.26. The second-order valence-electron chi connectivity index (χ2n) is 2.93. The van der Waals surface area contributed by atoms with Gasteiger partial charge in [-0.2, -0.15) is 5.26 Å². The summed E-state index contributed by atoms with van der Waals surface area (Å²) in [6, 6.07) is 8.60. The lowest BCUT2D eigenvalue weighted by Gasteiger charge is -2.11. The minimum absolute atomic E-state index is 0.167. The normalized spacial score (nSPS) is 11.5. The summed E-state index contributed by atoms with van der Waals surface area (Å²) in [6.45, 7) is 2.64. The molecule has 0 aliphatic rings. The zero-order valence-corrected chi connectivity index (χ0v) is 8.64. The Morgan fingerprint density at radius 3 is 2.47 bits per heavy atom. The fourth-order valence-corrected chi connectivity index (χ4v) is 1.06. The minimum atomic E-state index is -0.611. The van der Waals surface area contributed by atoms with Crippen LogP contribution in [0.3, 0.4) is 0 Å². The first-order chi connectivity index (χ1) is 7.27. The number of para-hydroxylation sites is 2. The molecule has 0 spiro atoms. The van der Waals surface area contributed by atoms with Crippen LogP contribution in [0.1, 0.15) is 6.92 Å². The lowest BCUT2D eigenvalue weighted by molar-refractivity contribution is 0.272. The van der Waals surface area contributed by atoms with E-state index in [9.17, 15) is 0 Å². The van der Waals surface area contributed by atoms with Crippen LogP contribution in [0.15, 0.2) is 24.3 Å². The molecule has 0 aromatic heterocycles. The molecule has 0 bridgehead atoms. The van der Waals surface area contributed by atoms with E-state index < -0.39 is 6.04 Å². The van der Waals surface area contributed by atoms with Gasteiger partial charge < -0.3 is 15.2 Å². The number of nitrogens with zero attached hydrogens (tertiary/aromatic N) is 1. The van der Waals surface area contributed by atoms with Crippen molar-refractivity contribution in [2.24, 2.45) is 5.73 Å². The maximum Gasteiger partial charge on any atom is 0.161 e. The summed E-state index contributed by atoms with van der Waals surface area (Å²) in [5, 5.41) is 8.50. The summed E-state index contributed by atoms with van der Waals surface area (Å²) >= 11 is 0. The van der Waals surface area contributed by atoms with Crippen molar-refractivity contribution >= 4 is 0 Å². The SMILES string of the molecule is CCOc1ccccc1OCC(N)C#N. The predicted molar refractivity (Wildman–Crippen MR) is 56.7 cm³/mol. The van der Waals surface area contributed by atoms with Crippen molar-refractivity contribution < 1.29 is 9.47 Å². The topological polar surface area (TPSA) is 68.3 Å². The highest BCUT2D eigenvalue weighted by Gasteiger charge is 2.05. The van der Waals surface area contributed by atoms with Crippen LogP contribution in [0.5, 0.6) is 11.5 Å². The van der Waals surface area contributed by atoms with Gasteiger partial charge in [-0.15, -0.1) is 0 Å². The molecule has 1 unspecified atom stereocenters. The Morgan fingerprint density at radius 2 is 1.93 bits per heavy atom. The van der Waals surface area contributed by atoms with Gasteiger partial charge in [0, 0.05) is 0 Å². The van der Waals surface area contributed by atoms with Gasteiger partial charge in [0.2, 0.25) is 0 Å². The molecule has 0 saturated heterocycles. The van der Waals surface area contributed by atoms with E-state index in [0.29, 0.717) is 18.1 Å². The molecule has 0 aliphatic heterocycles. The number of rotatable bonds is 5. The lowest BCUT2D eigenvalue weighted by atomic mass is 10.3. The van der Waals surface area contributed by atoms with E-state index in [-0.39, 0.29) is 6.61 Å². The molecule has 0 saturated carbocycles. The fraction of sp³-hybridized carbons (Fsp3) is 0.364. The van der Waals surface area contributed by atoms with Crippen LogP contribution >= 0.6 is 0 Å². The Hall–Kier alpha value is -1.73. The van der Waals surface area contributed by atoms with E-state index in [2.05, 4.69) is 0 Å². The van der Waals surface area contributed by atoms with Crippen LogP contribution in [0.4, 0.5) is 0 Å². The summed E-state index contributed by atoms with van der Waals surface area (Å²) < 4.78 is 10.7. The Balaban J connectivity index is 2.63. The fourth-order valence-electron chi connectivity index (χ4n) is 1.06. The maximum atomic E-state index is 8.50. The van der Waals surface area contributed by atoms with Crippen LogP contribution < -0.4 is 15.2 Å². The molecule has 0 fully saturated rings. The van der Waals surface area contributed by atoms with E-state index in [1.165, 1.54) is 0 Å². The molecule has 4 heteroatoms. The molecule has 4 nitrogen and oxygen atoms in total. The standard InChI is InChI=1S/C11H14N2O2/c1-2-14-10-5-3-4-6-11(10)15-8-9(13)7-12/h3-6,9H,2,8,13H2,1H3. The molecule has 1 atom stereocenters. The largest absolute Gasteiger partial charge is 0.490 e. The van der Waals surface area contributed by atoms with Crippen LogP contribution in [-0.4, -0.2) is 19.3 Å². The highest BCUT2D eigenvalue weighted by atomic mass is 16.5. The minimum Gasteiger partial charge on any atom is -0.490 e. The Labute approximate surface area is 89.2 Å². The number of hydrogen-bond acceptors (Lipinski definition) is 4. The summed E-state index contributed by atoms with van der Waals surface area (Å²) in [5.74, 6) is 1.29. The van der Waals surface area contributed by atoms with Crippen LogP contribution in [0.2, 0.25) is 0 Å². The van der Waals surface area contributed by atoms with Gasteiger partial charge in [0.1, 0.15) is 12.6 Å². The van der Waals surface area contributed by atoms with Crippen molar-refractivity contribution in [1.82, 2.24) is 0 Å². The first-order valence-corrected chi connectivity index (χ1v) is 4.77. The van der Waals surface area contributed by atoms with Crippen molar-refractivity contribution in [2.75, 3.05) is 13.2 Å². The maximum absolute atomic E-state index is 8.50. The molecular formula is C11H14N2O2. The van der Waals surface area contributed by atoms with Gasteiger partial charge in [0.25, 0.3) is 0 Å². The molecule has 15 heavy (non-hydrogen) atoms. The third-order valence-corrected chi connectivity index (χ3v) is 1.73. The number of nitriles is 1. The van der Waals surface area contributed by atoms with Crippen LogP contribution in [0.25, 0.3) is 0 Å². The number of ether oxygens (including phenoxy) is 2. The molecular weight excluding hydrogens is 192 g/mol. The summed E-state index contributed by atoms with van der Waals surface area (Å²) in [4.78, 5) is 0. The van der Waals surface area contributed by atoms with E-state index in [0.717, 1.165) is 0 Å². The van der Waals surface area contributed by atoms with Crippen LogP contribution in [-0.2, 0) is 0 Å². The van der Waals surface area contributed by atoms with E-state index in [1.807, 2.05) is 31.2 Å². The first kappa shape index (κ1) is 11.3. The van der Waals surface area contributed by atoms with Crippen molar-refractivity contribution in [3.63, 3.8) is 0 Å². The Kier molecular flexibility index (Phi) is 4.45. The van der Waals surface area contributed by atoms with E-state index in [4.69, 9.17) is 20.5 Å². The smallest absolute Gasteiger partial charge is 0.161 e. The molecule has 1 rings (SSSR count). The van der Waals surface area contributed by atoms with Gasteiger partial charge in [-0.25, -0.2) is 0 Å².